The monoisotopic (exact) mass is 538 g/mol. The van der Waals surface area contributed by atoms with Gasteiger partial charge in [0.1, 0.15) is 11.8 Å². The van der Waals surface area contributed by atoms with E-state index in [9.17, 15) is 14.7 Å². The first-order valence-electron chi connectivity index (χ1n) is 9.23. The lowest BCUT2D eigenvalue weighted by Crippen LogP contribution is -2.39. The third-order valence-corrected chi connectivity index (χ3v) is 7.40. The molecule has 0 amide bonds. The Kier molecular flexibility index (Phi) is 6.20. The zero-order chi connectivity index (χ0) is 22.3. The smallest absolute Gasteiger partial charge is 0.338 e. The predicted octanol–water partition coefficient (Wildman–Crippen LogP) is 3.98. The fourth-order valence-electron chi connectivity index (χ4n) is 3.34. The summed E-state index contributed by atoms with van der Waals surface area (Å²) in [6, 6.07) is 6.27. The molecule has 0 saturated heterocycles. The van der Waals surface area contributed by atoms with Gasteiger partial charge in [-0.1, -0.05) is 29.0 Å². The van der Waals surface area contributed by atoms with Gasteiger partial charge in [0.15, 0.2) is 4.80 Å². The molecule has 0 aliphatic carbocycles. The zero-order valence-corrected chi connectivity index (χ0v) is 20.4. The van der Waals surface area contributed by atoms with Crippen LogP contribution < -0.4 is 14.9 Å². The van der Waals surface area contributed by atoms with E-state index in [0.29, 0.717) is 35.7 Å². The van der Waals surface area contributed by atoms with Gasteiger partial charge in [0.25, 0.3) is 5.56 Å². The highest BCUT2D eigenvalue weighted by Gasteiger charge is 2.33. The topological polar surface area (TPSA) is 80.9 Å². The molecule has 0 spiro atoms. The number of halogens is 2. The highest BCUT2D eigenvalue weighted by Crippen LogP contribution is 2.34. The van der Waals surface area contributed by atoms with Crippen molar-refractivity contribution in [2.24, 2.45) is 4.99 Å². The minimum Gasteiger partial charge on any atom is -0.506 e. The van der Waals surface area contributed by atoms with E-state index < -0.39 is 12.0 Å². The van der Waals surface area contributed by atoms with Crippen LogP contribution in [0, 0.1) is 0 Å². The number of ether oxygens (including phenoxy) is 1. The molecule has 0 saturated carbocycles. The number of rotatable bonds is 4. The van der Waals surface area contributed by atoms with Crippen LogP contribution >= 0.6 is 50.2 Å². The number of phenols is 1. The molecule has 3 heterocycles. The number of carbonyl (C=O) groups is 1. The minimum absolute atomic E-state index is 0.0200. The number of thiazole rings is 1. The second-order valence-electron chi connectivity index (χ2n) is 6.64. The number of aromatic hydroxyl groups is 1. The Labute approximate surface area is 198 Å². The van der Waals surface area contributed by atoms with E-state index in [2.05, 4.69) is 20.9 Å². The molecule has 0 fully saturated rings. The van der Waals surface area contributed by atoms with Crippen molar-refractivity contribution in [1.82, 2.24) is 4.57 Å². The van der Waals surface area contributed by atoms with Crippen LogP contribution in [0.1, 0.15) is 30.3 Å². The van der Waals surface area contributed by atoms with Crippen LogP contribution in [0.25, 0.3) is 6.08 Å². The first-order valence-corrected chi connectivity index (χ1v) is 12.1. The maximum absolute atomic E-state index is 13.4. The van der Waals surface area contributed by atoms with Crippen LogP contribution in [0.15, 0.2) is 55.2 Å². The van der Waals surface area contributed by atoms with Gasteiger partial charge < -0.3 is 9.84 Å². The zero-order valence-electron chi connectivity index (χ0n) is 16.4. The second kappa shape index (κ2) is 8.74. The van der Waals surface area contributed by atoms with Crippen molar-refractivity contribution in [2.45, 2.75) is 19.9 Å². The lowest BCUT2D eigenvalue weighted by molar-refractivity contribution is -0.139. The van der Waals surface area contributed by atoms with E-state index in [1.807, 2.05) is 17.5 Å². The van der Waals surface area contributed by atoms with Crippen molar-refractivity contribution in [3.8, 4) is 5.75 Å². The van der Waals surface area contributed by atoms with Gasteiger partial charge in [0.05, 0.1) is 26.9 Å². The highest BCUT2D eigenvalue weighted by molar-refractivity contribution is 9.10. The van der Waals surface area contributed by atoms with Gasteiger partial charge in [-0.05, 0) is 59.4 Å². The van der Waals surface area contributed by atoms with Gasteiger partial charge in [-0.25, -0.2) is 9.79 Å². The summed E-state index contributed by atoms with van der Waals surface area (Å²) in [4.78, 5) is 32.0. The van der Waals surface area contributed by atoms with Crippen LogP contribution in [-0.4, -0.2) is 22.2 Å². The van der Waals surface area contributed by atoms with Crippen molar-refractivity contribution in [1.29, 1.82) is 0 Å². The fourth-order valence-corrected chi connectivity index (χ4v) is 6.04. The van der Waals surface area contributed by atoms with Gasteiger partial charge in [-0.3, -0.25) is 9.36 Å². The second-order valence-corrected chi connectivity index (χ2v) is 9.92. The molecule has 31 heavy (non-hydrogen) atoms. The maximum atomic E-state index is 13.4. The number of phenolic OH excluding ortho intramolecular Hbond substituents is 1. The summed E-state index contributed by atoms with van der Waals surface area (Å²) in [5, 5.41) is 12.7. The number of esters is 1. The van der Waals surface area contributed by atoms with Gasteiger partial charge in [-0.2, -0.15) is 0 Å². The molecule has 1 aliphatic heterocycles. The van der Waals surface area contributed by atoms with Crippen LogP contribution in [0.4, 0.5) is 0 Å². The molecule has 0 bridgehead atoms. The summed E-state index contributed by atoms with van der Waals surface area (Å²) in [5.74, 6) is -0.513. The van der Waals surface area contributed by atoms with Crippen molar-refractivity contribution < 1.29 is 14.6 Å². The molecule has 2 aromatic heterocycles. The average Bonchev–Trinajstić information content (AvgIpc) is 3.34. The summed E-state index contributed by atoms with van der Waals surface area (Å²) in [6.45, 7) is 3.70. The van der Waals surface area contributed by atoms with Gasteiger partial charge >= 0.3 is 5.97 Å². The summed E-state index contributed by atoms with van der Waals surface area (Å²) in [6.07, 6.45) is 1.57. The summed E-state index contributed by atoms with van der Waals surface area (Å²) in [7, 11) is 0. The number of hydrogen-bond donors (Lipinski definition) is 1. The number of carbonyl (C=O) groups excluding carboxylic acids is 1. The molecule has 1 aromatic carbocycles. The molecule has 1 atom stereocenters. The maximum Gasteiger partial charge on any atom is 0.338 e. The van der Waals surface area contributed by atoms with E-state index in [1.54, 1.807) is 32.1 Å². The van der Waals surface area contributed by atoms with Crippen molar-refractivity contribution in [2.75, 3.05) is 6.61 Å². The summed E-state index contributed by atoms with van der Waals surface area (Å²) in [5.41, 5.74) is 0.945. The van der Waals surface area contributed by atoms with E-state index in [1.165, 1.54) is 27.2 Å². The Balaban J connectivity index is 1.97. The van der Waals surface area contributed by atoms with E-state index >= 15 is 0 Å². The van der Waals surface area contributed by atoms with Crippen molar-refractivity contribution >= 4 is 62.2 Å². The lowest BCUT2D eigenvalue weighted by Gasteiger charge is -2.23. The van der Waals surface area contributed by atoms with Gasteiger partial charge in [0, 0.05) is 15.5 Å². The number of allylic oxidation sites excluding steroid dienone is 1. The van der Waals surface area contributed by atoms with E-state index in [-0.39, 0.29) is 17.9 Å². The fraction of sp³-hybridized carbons (Fsp3) is 0.190. The Bertz CT molecular complexity index is 1390. The third-order valence-electron chi connectivity index (χ3n) is 4.67. The minimum atomic E-state index is -0.628. The Morgan fingerprint density at radius 2 is 2.23 bits per heavy atom. The molecule has 1 N–H and O–H groups in total. The summed E-state index contributed by atoms with van der Waals surface area (Å²) >= 11 is 12.0. The molecule has 3 aromatic rings. The largest absolute Gasteiger partial charge is 0.506 e. The molecule has 10 heteroatoms. The first-order chi connectivity index (χ1) is 14.8. The first kappa shape index (κ1) is 22.0. The van der Waals surface area contributed by atoms with Crippen molar-refractivity contribution in [3.05, 3.63) is 80.5 Å². The van der Waals surface area contributed by atoms with E-state index in [4.69, 9.17) is 16.3 Å². The Morgan fingerprint density at radius 1 is 1.45 bits per heavy atom. The van der Waals surface area contributed by atoms with E-state index in [0.717, 1.165) is 4.88 Å². The predicted molar refractivity (Wildman–Crippen MR) is 126 cm³/mol. The Hall–Kier alpha value is -2.20. The van der Waals surface area contributed by atoms with Gasteiger partial charge in [-0.15, -0.1) is 11.3 Å². The van der Waals surface area contributed by atoms with Gasteiger partial charge in [0.2, 0.25) is 0 Å². The van der Waals surface area contributed by atoms with Crippen LogP contribution in [0.5, 0.6) is 5.75 Å². The molecule has 4 rings (SSSR count). The quantitative estimate of drug-likeness (QED) is 0.509. The SMILES string of the molecule is CCOC(=O)C1=C(C)N=c2s/c(=C\c3cc(Cl)cc(Br)c3O)c(=O)n2C1c1cccs1. The Morgan fingerprint density at radius 3 is 2.90 bits per heavy atom. The molecule has 1 aliphatic rings. The highest BCUT2D eigenvalue weighted by atomic mass is 79.9. The number of hydrogen-bond acceptors (Lipinski definition) is 7. The van der Waals surface area contributed by atoms with Crippen LogP contribution in [-0.2, 0) is 9.53 Å². The molecule has 6 nitrogen and oxygen atoms in total. The number of nitrogens with zero attached hydrogens (tertiary/aromatic N) is 2. The van der Waals surface area contributed by atoms with Crippen LogP contribution in [0.2, 0.25) is 5.02 Å². The molecule has 160 valence electrons. The standard InChI is InChI=1S/C21H16BrClN2O4S2/c1-3-29-20(28)16-10(2)24-21-25(17(16)14-5-4-6-30-14)19(27)15(31-21)8-11-7-12(23)9-13(22)18(11)26/h4-9,17,26H,3H2,1-2H3/b15-8-. The number of benzene rings is 1. The number of fused-ring (bicyclic) bond motifs is 1. The normalized spacial score (nSPS) is 16.3. The number of aromatic nitrogens is 1. The molecule has 1 unspecified atom stereocenters. The van der Waals surface area contributed by atoms with Crippen LogP contribution in [0.3, 0.4) is 0 Å². The lowest BCUT2D eigenvalue weighted by atomic mass is 10.0. The molecule has 0 radical (unpaired) electrons. The average molecular weight is 540 g/mol. The molecular formula is C21H16BrClN2O4S2. The summed E-state index contributed by atoms with van der Waals surface area (Å²) < 4.78 is 7.56. The third kappa shape index (κ3) is 4.03. The van der Waals surface area contributed by atoms with Crippen molar-refractivity contribution in [3.63, 3.8) is 0 Å². The number of thiophene rings is 1. The molecular weight excluding hydrogens is 524 g/mol.